The number of amides is 1. The molecule has 30 heavy (non-hydrogen) atoms. The minimum Gasteiger partial charge on any atom is -0.507 e. The number of carbonyl (C=O) groups excluding carboxylic acids is 1. The fourth-order valence-corrected chi connectivity index (χ4v) is 2.66. The highest BCUT2D eigenvalue weighted by atomic mass is 16.6. The maximum atomic E-state index is 12.2. The Bertz CT molecular complexity index is 1090. The second-order valence-corrected chi connectivity index (χ2v) is 6.50. The van der Waals surface area contributed by atoms with Gasteiger partial charge in [0.2, 0.25) is 0 Å². The van der Waals surface area contributed by atoms with Crippen LogP contribution in [0.2, 0.25) is 0 Å². The number of aromatic hydroxyl groups is 1. The zero-order chi connectivity index (χ0) is 21.5. The number of nitrogens with zero attached hydrogens (tertiary/aromatic N) is 2. The van der Waals surface area contributed by atoms with E-state index in [4.69, 9.17) is 4.74 Å². The number of phenols is 1. The van der Waals surface area contributed by atoms with Crippen molar-refractivity contribution >= 4 is 17.8 Å². The van der Waals surface area contributed by atoms with Gasteiger partial charge in [0.05, 0.1) is 11.1 Å². The van der Waals surface area contributed by atoms with Gasteiger partial charge < -0.3 is 9.84 Å². The molecule has 152 valence electrons. The molecule has 3 rings (SSSR count). The summed E-state index contributed by atoms with van der Waals surface area (Å²) in [7, 11) is 0. The Morgan fingerprint density at radius 1 is 1.17 bits per heavy atom. The third-order valence-corrected chi connectivity index (χ3v) is 4.20. The van der Waals surface area contributed by atoms with Gasteiger partial charge in [-0.25, -0.2) is 5.43 Å². The summed E-state index contributed by atoms with van der Waals surface area (Å²) in [5.41, 5.74) is 4.80. The highest BCUT2D eigenvalue weighted by Crippen LogP contribution is 2.21. The van der Waals surface area contributed by atoms with Gasteiger partial charge in [-0.15, -0.1) is 0 Å². The number of nitro benzene ring substituents is 1. The number of hydrogen-bond acceptors (Lipinski definition) is 6. The summed E-state index contributed by atoms with van der Waals surface area (Å²) in [4.78, 5) is 22.4. The molecule has 1 amide bonds. The lowest BCUT2D eigenvalue weighted by molar-refractivity contribution is -0.384. The molecule has 0 atom stereocenters. The minimum absolute atomic E-state index is 0.115. The van der Waals surface area contributed by atoms with Crippen LogP contribution in [0.4, 0.5) is 5.69 Å². The Kier molecular flexibility index (Phi) is 6.39. The zero-order valence-corrected chi connectivity index (χ0v) is 16.1. The van der Waals surface area contributed by atoms with Gasteiger partial charge in [-0.3, -0.25) is 14.9 Å². The number of rotatable bonds is 7. The van der Waals surface area contributed by atoms with Crippen LogP contribution in [0.15, 0.2) is 71.8 Å². The topological polar surface area (TPSA) is 114 Å². The molecule has 0 saturated heterocycles. The predicted molar refractivity (Wildman–Crippen MR) is 112 cm³/mol. The van der Waals surface area contributed by atoms with Crippen LogP contribution in [0.1, 0.15) is 27.0 Å². The molecule has 3 aromatic rings. The van der Waals surface area contributed by atoms with Crippen molar-refractivity contribution in [2.45, 2.75) is 13.5 Å². The van der Waals surface area contributed by atoms with Crippen molar-refractivity contribution in [1.82, 2.24) is 5.43 Å². The second-order valence-electron chi connectivity index (χ2n) is 6.50. The van der Waals surface area contributed by atoms with Gasteiger partial charge >= 0.3 is 0 Å². The zero-order valence-electron chi connectivity index (χ0n) is 16.1. The van der Waals surface area contributed by atoms with Gasteiger partial charge in [0.1, 0.15) is 18.1 Å². The van der Waals surface area contributed by atoms with E-state index in [9.17, 15) is 20.0 Å². The maximum absolute atomic E-state index is 12.2. The normalized spacial score (nSPS) is 10.7. The van der Waals surface area contributed by atoms with Gasteiger partial charge in [-0.05, 0) is 42.8 Å². The van der Waals surface area contributed by atoms with E-state index in [0.29, 0.717) is 17.9 Å². The number of nitrogens with one attached hydrogen (secondary N) is 1. The van der Waals surface area contributed by atoms with Gasteiger partial charge in [-0.2, -0.15) is 5.10 Å². The smallest absolute Gasteiger partial charge is 0.271 e. The molecule has 8 nitrogen and oxygen atoms in total. The first kappa shape index (κ1) is 20.5. The van der Waals surface area contributed by atoms with Gasteiger partial charge in [0.25, 0.3) is 11.6 Å². The SMILES string of the molecule is Cc1cccc(COc2ccc(C(=O)N/N=C\c3cc([N+](=O)[O-])ccc3O)cc2)c1. The van der Waals surface area contributed by atoms with E-state index in [1.54, 1.807) is 24.3 Å². The van der Waals surface area contributed by atoms with Gasteiger partial charge in [0.15, 0.2) is 0 Å². The Morgan fingerprint density at radius 2 is 1.93 bits per heavy atom. The van der Waals surface area contributed by atoms with E-state index in [0.717, 1.165) is 23.4 Å². The fourth-order valence-electron chi connectivity index (χ4n) is 2.66. The monoisotopic (exact) mass is 405 g/mol. The third kappa shape index (κ3) is 5.41. The van der Waals surface area contributed by atoms with E-state index in [1.807, 2.05) is 31.2 Å². The molecule has 0 heterocycles. The third-order valence-electron chi connectivity index (χ3n) is 4.20. The van der Waals surface area contributed by atoms with Crippen LogP contribution in [-0.4, -0.2) is 22.2 Å². The number of ether oxygens (including phenoxy) is 1. The van der Waals surface area contributed by atoms with Crippen LogP contribution in [0.3, 0.4) is 0 Å². The number of carbonyl (C=O) groups is 1. The molecule has 0 aromatic heterocycles. The van der Waals surface area contributed by atoms with Crippen LogP contribution in [-0.2, 0) is 6.61 Å². The minimum atomic E-state index is -0.585. The molecule has 0 bridgehead atoms. The van der Waals surface area contributed by atoms with Crippen molar-refractivity contribution in [3.63, 3.8) is 0 Å². The van der Waals surface area contributed by atoms with Gasteiger partial charge in [0, 0.05) is 23.3 Å². The predicted octanol–water partition coefficient (Wildman–Crippen LogP) is 3.95. The summed E-state index contributed by atoms with van der Waals surface area (Å²) in [6.07, 6.45) is 1.14. The number of non-ortho nitro benzene ring substituents is 1. The Morgan fingerprint density at radius 3 is 2.63 bits per heavy atom. The van der Waals surface area contributed by atoms with Crippen molar-refractivity contribution < 1.29 is 19.6 Å². The van der Waals surface area contributed by atoms with E-state index in [1.165, 1.54) is 12.1 Å². The standard InChI is InChI=1S/C22H19N3O5/c1-15-3-2-4-16(11-15)14-30-20-8-5-17(6-9-20)22(27)24-23-13-18-12-19(25(28)29)7-10-21(18)26/h2-13,26H,14H2,1H3,(H,24,27)/b23-13-. The lowest BCUT2D eigenvalue weighted by atomic mass is 10.1. The highest BCUT2D eigenvalue weighted by Gasteiger charge is 2.09. The molecule has 0 spiro atoms. The lowest BCUT2D eigenvalue weighted by Crippen LogP contribution is -2.17. The van der Waals surface area contributed by atoms with Crippen LogP contribution in [0.25, 0.3) is 0 Å². The molecule has 0 aliphatic heterocycles. The molecule has 0 aliphatic rings. The Labute approximate surface area is 172 Å². The average molecular weight is 405 g/mol. The number of phenolic OH excluding ortho intramolecular Hbond substituents is 1. The van der Waals surface area contributed by atoms with Crippen molar-refractivity contribution in [3.05, 3.63) is 99.1 Å². The molecule has 0 radical (unpaired) electrons. The number of benzene rings is 3. The first-order valence-corrected chi connectivity index (χ1v) is 9.01. The van der Waals surface area contributed by atoms with E-state index < -0.39 is 10.8 Å². The molecule has 3 aromatic carbocycles. The average Bonchev–Trinajstić information content (AvgIpc) is 2.73. The lowest BCUT2D eigenvalue weighted by Gasteiger charge is -2.07. The summed E-state index contributed by atoms with van der Waals surface area (Å²) >= 11 is 0. The molecule has 0 unspecified atom stereocenters. The van der Waals surface area contributed by atoms with Crippen molar-refractivity contribution in [3.8, 4) is 11.5 Å². The maximum Gasteiger partial charge on any atom is 0.271 e. The molecular weight excluding hydrogens is 386 g/mol. The summed E-state index contributed by atoms with van der Waals surface area (Å²) in [5.74, 6) is -0.0341. The number of nitro groups is 1. The summed E-state index contributed by atoms with van der Waals surface area (Å²) in [5, 5.41) is 24.3. The van der Waals surface area contributed by atoms with Crippen LogP contribution in [0, 0.1) is 17.0 Å². The summed E-state index contributed by atoms with van der Waals surface area (Å²) < 4.78 is 5.72. The first-order chi connectivity index (χ1) is 14.4. The molecule has 0 saturated carbocycles. The summed E-state index contributed by atoms with van der Waals surface area (Å²) in [6.45, 7) is 2.43. The largest absolute Gasteiger partial charge is 0.507 e. The van der Waals surface area contributed by atoms with Crippen LogP contribution >= 0.6 is 0 Å². The van der Waals surface area contributed by atoms with Crippen LogP contribution in [0.5, 0.6) is 11.5 Å². The quantitative estimate of drug-likeness (QED) is 0.351. The van der Waals surface area contributed by atoms with Crippen molar-refractivity contribution in [2.75, 3.05) is 0 Å². The van der Waals surface area contributed by atoms with Crippen LogP contribution < -0.4 is 10.2 Å². The number of hydrogen-bond donors (Lipinski definition) is 2. The number of hydrazone groups is 1. The number of aryl methyl sites for hydroxylation is 1. The second kappa shape index (κ2) is 9.33. The first-order valence-electron chi connectivity index (χ1n) is 9.01. The van der Waals surface area contributed by atoms with E-state index in [-0.39, 0.29) is 17.0 Å². The molecule has 0 aliphatic carbocycles. The fraction of sp³-hybridized carbons (Fsp3) is 0.0909. The summed E-state index contributed by atoms with van der Waals surface area (Å²) in [6, 6.07) is 18.1. The van der Waals surface area contributed by atoms with Crippen molar-refractivity contribution in [2.24, 2.45) is 5.10 Å². The Balaban J connectivity index is 1.57. The van der Waals surface area contributed by atoms with Gasteiger partial charge in [-0.1, -0.05) is 29.8 Å². The van der Waals surface area contributed by atoms with E-state index in [2.05, 4.69) is 10.5 Å². The van der Waals surface area contributed by atoms with Crippen molar-refractivity contribution in [1.29, 1.82) is 0 Å². The molecule has 2 N–H and O–H groups in total. The molecule has 0 fully saturated rings. The highest BCUT2D eigenvalue weighted by molar-refractivity contribution is 5.95. The van der Waals surface area contributed by atoms with E-state index >= 15 is 0 Å². The molecule has 8 heteroatoms. The molecular formula is C22H19N3O5. The Hall–Kier alpha value is -4.20.